The SMILES string of the molecule is COc1cccc2c1NC(c1cccc(Cl)c1)C2. The zero-order chi connectivity index (χ0) is 12.5. The van der Waals surface area contributed by atoms with Gasteiger partial charge in [0.1, 0.15) is 5.75 Å². The monoisotopic (exact) mass is 259 g/mol. The summed E-state index contributed by atoms with van der Waals surface area (Å²) in [6, 6.07) is 14.4. The van der Waals surface area contributed by atoms with E-state index in [1.807, 2.05) is 30.3 Å². The van der Waals surface area contributed by atoms with Gasteiger partial charge < -0.3 is 10.1 Å². The van der Waals surface area contributed by atoms with E-state index in [9.17, 15) is 0 Å². The minimum atomic E-state index is 0.273. The fourth-order valence-corrected chi connectivity index (χ4v) is 2.65. The van der Waals surface area contributed by atoms with Crippen molar-refractivity contribution in [2.75, 3.05) is 12.4 Å². The molecule has 0 saturated heterocycles. The summed E-state index contributed by atoms with van der Waals surface area (Å²) in [5.41, 5.74) is 3.60. The van der Waals surface area contributed by atoms with Crippen LogP contribution in [0.25, 0.3) is 0 Å². The van der Waals surface area contributed by atoms with Gasteiger partial charge >= 0.3 is 0 Å². The van der Waals surface area contributed by atoms with Crippen LogP contribution in [0.5, 0.6) is 5.75 Å². The fourth-order valence-electron chi connectivity index (χ4n) is 2.45. The van der Waals surface area contributed by atoms with Crippen LogP contribution >= 0.6 is 11.6 Å². The molecule has 1 heterocycles. The van der Waals surface area contributed by atoms with E-state index in [-0.39, 0.29) is 6.04 Å². The third-order valence-electron chi connectivity index (χ3n) is 3.33. The Bertz CT molecular complexity index is 582. The second kappa shape index (κ2) is 4.54. The van der Waals surface area contributed by atoms with E-state index in [1.54, 1.807) is 7.11 Å². The summed E-state index contributed by atoms with van der Waals surface area (Å²) < 4.78 is 5.38. The van der Waals surface area contributed by atoms with Crippen molar-refractivity contribution >= 4 is 17.3 Å². The first-order valence-electron chi connectivity index (χ1n) is 5.96. The van der Waals surface area contributed by atoms with E-state index in [2.05, 4.69) is 17.4 Å². The number of fused-ring (bicyclic) bond motifs is 1. The molecule has 0 aliphatic carbocycles. The van der Waals surface area contributed by atoms with E-state index >= 15 is 0 Å². The van der Waals surface area contributed by atoms with Crippen LogP contribution < -0.4 is 10.1 Å². The van der Waals surface area contributed by atoms with Gasteiger partial charge in [0, 0.05) is 5.02 Å². The Morgan fingerprint density at radius 3 is 2.83 bits per heavy atom. The number of hydrogen-bond acceptors (Lipinski definition) is 2. The molecule has 1 atom stereocenters. The highest BCUT2D eigenvalue weighted by Crippen LogP contribution is 2.40. The zero-order valence-corrected chi connectivity index (χ0v) is 10.9. The first-order valence-corrected chi connectivity index (χ1v) is 6.33. The van der Waals surface area contributed by atoms with E-state index < -0.39 is 0 Å². The Morgan fingerprint density at radius 1 is 1.22 bits per heavy atom. The molecule has 2 aromatic carbocycles. The normalized spacial score (nSPS) is 17.1. The third kappa shape index (κ3) is 1.93. The smallest absolute Gasteiger partial charge is 0.142 e. The largest absolute Gasteiger partial charge is 0.495 e. The van der Waals surface area contributed by atoms with Gasteiger partial charge in [0.2, 0.25) is 0 Å². The molecule has 2 aromatic rings. The predicted molar refractivity (Wildman–Crippen MR) is 74.5 cm³/mol. The van der Waals surface area contributed by atoms with Crippen LogP contribution in [0, 0.1) is 0 Å². The minimum absolute atomic E-state index is 0.273. The van der Waals surface area contributed by atoms with Crippen LogP contribution in [-0.4, -0.2) is 7.11 Å². The van der Waals surface area contributed by atoms with Crippen molar-refractivity contribution in [3.63, 3.8) is 0 Å². The lowest BCUT2D eigenvalue weighted by Gasteiger charge is -2.13. The van der Waals surface area contributed by atoms with Gasteiger partial charge in [-0.3, -0.25) is 0 Å². The Hall–Kier alpha value is -1.67. The minimum Gasteiger partial charge on any atom is -0.495 e. The van der Waals surface area contributed by atoms with Crippen molar-refractivity contribution in [2.24, 2.45) is 0 Å². The Kier molecular flexibility index (Phi) is 2.88. The molecule has 1 N–H and O–H groups in total. The number of anilines is 1. The number of ether oxygens (including phenoxy) is 1. The van der Waals surface area contributed by atoms with Crippen LogP contribution in [0.15, 0.2) is 42.5 Å². The van der Waals surface area contributed by atoms with Crippen molar-refractivity contribution in [1.82, 2.24) is 0 Å². The first kappa shape index (κ1) is 11.4. The third-order valence-corrected chi connectivity index (χ3v) is 3.56. The summed E-state index contributed by atoms with van der Waals surface area (Å²) in [6.45, 7) is 0. The lowest BCUT2D eigenvalue weighted by atomic mass is 10.0. The van der Waals surface area contributed by atoms with Crippen molar-refractivity contribution in [3.05, 3.63) is 58.6 Å². The number of halogens is 1. The first-order chi connectivity index (χ1) is 8.78. The number of nitrogens with one attached hydrogen (secondary N) is 1. The molecule has 0 saturated carbocycles. The number of para-hydroxylation sites is 1. The molecule has 92 valence electrons. The summed E-state index contributed by atoms with van der Waals surface area (Å²) in [7, 11) is 1.70. The molecule has 1 unspecified atom stereocenters. The molecule has 0 radical (unpaired) electrons. The van der Waals surface area contributed by atoms with Gasteiger partial charge in [-0.15, -0.1) is 0 Å². The summed E-state index contributed by atoms with van der Waals surface area (Å²) in [5.74, 6) is 0.900. The molecule has 0 aromatic heterocycles. The molecule has 0 bridgehead atoms. The van der Waals surface area contributed by atoms with E-state index in [1.165, 1.54) is 11.1 Å². The molecule has 3 rings (SSSR count). The number of hydrogen-bond donors (Lipinski definition) is 1. The molecule has 0 fully saturated rings. The molecule has 1 aliphatic rings. The topological polar surface area (TPSA) is 21.3 Å². The average molecular weight is 260 g/mol. The van der Waals surface area contributed by atoms with Gasteiger partial charge in [0.05, 0.1) is 18.8 Å². The molecule has 0 spiro atoms. The summed E-state index contributed by atoms with van der Waals surface area (Å²) in [6.07, 6.45) is 0.965. The van der Waals surface area contributed by atoms with Crippen LogP contribution in [0.4, 0.5) is 5.69 Å². The number of methoxy groups -OCH3 is 1. The van der Waals surface area contributed by atoms with Crippen molar-refractivity contribution in [1.29, 1.82) is 0 Å². The van der Waals surface area contributed by atoms with Crippen LogP contribution in [0.1, 0.15) is 17.2 Å². The van der Waals surface area contributed by atoms with E-state index in [4.69, 9.17) is 16.3 Å². The van der Waals surface area contributed by atoms with Crippen molar-refractivity contribution < 1.29 is 4.74 Å². The summed E-state index contributed by atoms with van der Waals surface area (Å²) in [5, 5.41) is 4.29. The molecule has 2 nitrogen and oxygen atoms in total. The summed E-state index contributed by atoms with van der Waals surface area (Å²) >= 11 is 6.04. The maximum atomic E-state index is 6.04. The fraction of sp³-hybridized carbons (Fsp3) is 0.200. The summed E-state index contributed by atoms with van der Waals surface area (Å²) in [4.78, 5) is 0. The van der Waals surface area contributed by atoms with Gasteiger partial charge in [-0.1, -0.05) is 35.9 Å². The quantitative estimate of drug-likeness (QED) is 0.878. The highest BCUT2D eigenvalue weighted by Gasteiger charge is 2.24. The predicted octanol–water partition coefficient (Wildman–Crippen LogP) is 4.06. The lowest BCUT2D eigenvalue weighted by molar-refractivity contribution is 0.416. The highest BCUT2D eigenvalue weighted by molar-refractivity contribution is 6.30. The van der Waals surface area contributed by atoms with Gasteiger partial charge in [-0.25, -0.2) is 0 Å². The highest BCUT2D eigenvalue weighted by atomic mass is 35.5. The molecular weight excluding hydrogens is 246 g/mol. The van der Waals surface area contributed by atoms with E-state index in [0.29, 0.717) is 0 Å². The van der Waals surface area contributed by atoms with Crippen LogP contribution in [0.2, 0.25) is 5.02 Å². The average Bonchev–Trinajstić information content (AvgIpc) is 2.82. The number of rotatable bonds is 2. The Balaban J connectivity index is 1.93. The van der Waals surface area contributed by atoms with Gasteiger partial charge in [-0.2, -0.15) is 0 Å². The lowest BCUT2D eigenvalue weighted by Crippen LogP contribution is -2.05. The van der Waals surface area contributed by atoms with Crippen molar-refractivity contribution in [2.45, 2.75) is 12.5 Å². The second-order valence-corrected chi connectivity index (χ2v) is 4.89. The van der Waals surface area contributed by atoms with Gasteiger partial charge in [0.25, 0.3) is 0 Å². The number of benzene rings is 2. The van der Waals surface area contributed by atoms with Crippen LogP contribution in [0.3, 0.4) is 0 Å². The van der Waals surface area contributed by atoms with Gasteiger partial charge in [0.15, 0.2) is 0 Å². The Labute approximate surface area is 112 Å². The van der Waals surface area contributed by atoms with Gasteiger partial charge in [-0.05, 0) is 35.7 Å². The molecule has 1 aliphatic heterocycles. The molecule has 3 heteroatoms. The second-order valence-electron chi connectivity index (χ2n) is 4.45. The maximum Gasteiger partial charge on any atom is 0.142 e. The standard InChI is InChI=1S/C15H14ClNO/c1-18-14-7-3-5-11-9-13(17-15(11)14)10-4-2-6-12(16)8-10/h2-8,13,17H,9H2,1H3. The van der Waals surface area contributed by atoms with E-state index in [0.717, 1.165) is 22.9 Å². The van der Waals surface area contributed by atoms with Crippen molar-refractivity contribution in [3.8, 4) is 5.75 Å². The molecule has 0 amide bonds. The molecule has 18 heavy (non-hydrogen) atoms. The van der Waals surface area contributed by atoms with Crippen LogP contribution in [-0.2, 0) is 6.42 Å². The zero-order valence-electron chi connectivity index (χ0n) is 10.1. The maximum absolute atomic E-state index is 6.04. The molecular formula is C15H14ClNO. The Morgan fingerprint density at radius 2 is 2.06 bits per heavy atom.